The van der Waals surface area contributed by atoms with Gasteiger partial charge in [-0.2, -0.15) is 0 Å². The molecule has 5 heteroatoms. The molecule has 1 amide bonds. The van der Waals surface area contributed by atoms with Crippen LogP contribution in [0.1, 0.15) is 35.9 Å². The summed E-state index contributed by atoms with van der Waals surface area (Å²) >= 11 is 0. The molecule has 1 aromatic heterocycles. The summed E-state index contributed by atoms with van der Waals surface area (Å²) in [5.41, 5.74) is 1.26. The predicted octanol–water partition coefficient (Wildman–Crippen LogP) is 2.26. The molecular weight excluding hydrogens is 252 g/mol. The molecule has 0 unspecified atom stereocenters. The summed E-state index contributed by atoms with van der Waals surface area (Å²) in [6, 6.07) is 1.75. The summed E-state index contributed by atoms with van der Waals surface area (Å²) in [5, 5.41) is 3.03. The fourth-order valence-corrected chi connectivity index (χ4v) is 2.29. The molecule has 0 bridgehead atoms. The second-order valence-corrected chi connectivity index (χ2v) is 5.36. The van der Waals surface area contributed by atoms with E-state index in [1.54, 1.807) is 12.1 Å². The number of hydrogen-bond acceptors (Lipinski definition) is 4. The van der Waals surface area contributed by atoms with E-state index < -0.39 is 0 Å². The number of carbonyl (C=O) groups excluding carboxylic acids is 1. The first kappa shape index (κ1) is 14.5. The molecular formula is C15H22N4O. The Hall–Kier alpha value is -1.91. The highest BCUT2D eigenvalue weighted by Crippen LogP contribution is 2.18. The van der Waals surface area contributed by atoms with E-state index in [-0.39, 0.29) is 5.91 Å². The van der Waals surface area contributed by atoms with Crippen LogP contribution in [0.3, 0.4) is 0 Å². The van der Waals surface area contributed by atoms with E-state index in [0.717, 1.165) is 31.6 Å². The first-order chi connectivity index (χ1) is 9.60. The van der Waals surface area contributed by atoms with Gasteiger partial charge in [-0.05, 0) is 31.7 Å². The Morgan fingerprint density at radius 1 is 1.50 bits per heavy atom. The quantitative estimate of drug-likeness (QED) is 0.856. The van der Waals surface area contributed by atoms with Crippen molar-refractivity contribution in [3.8, 4) is 0 Å². The lowest BCUT2D eigenvalue weighted by molar-refractivity contribution is 0.0691. The van der Waals surface area contributed by atoms with Crippen LogP contribution in [0.2, 0.25) is 0 Å². The monoisotopic (exact) mass is 274 g/mol. The second-order valence-electron chi connectivity index (χ2n) is 5.36. The normalized spacial score (nSPS) is 16.0. The average molecular weight is 274 g/mol. The molecule has 1 aromatic rings. The van der Waals surface area contributed by atoms with Crippen LogP contribution < -0.4 is 5.32 Å². The summed E-state index contributed by atoms with van der Waals surface area (Å²) in [7, 11) is 0. The number of rotatable bonds is 4. The smallest absolute Gasteiger partial charge is 0.272 e. The molecule has 1 aliphatic heterocycles. The molecule has 20 heavy (non-hydrogen) atoms. The van der Waals surface area contributed by atoms with Gasteiger partial charge < -0.3 is 10.2 Å². The SMILES string of the molecule is C=CCNc1nc(C)cc(C(=O)N2CCC(C)CC2)n1. The van der Waals surface area contributed by atoms with Crippen LogP contribution >= 0.6 is 0 Å². The van der Waals surface area contributed by atoms with E-state index in [1.165, 1.54) is 0 Å². The van der Waals surface area contributed by atoms with Crippen LogP contribution in [0.25, 0.3) is 0 Å². The highest BCUT2D eigenvalue weighted by atomic mass is 16.2. The molecule has 1 fully saturated rings. The number of piperidine rings is 1. The largest absolute Gasteiger partial charge is 0.351 e. The summed E-state index contributed by atoms with van der Waals surface area (Å²) in [5.74, 6) is 1.19. The van der Waals surface area contributed by atoms with Crippen molar-refractivity contribution in [3.63, 3.8) is 0 Å². The molecule has 0 saturated carbocycles. The van der Waals surface area contributed by atoms with Gasteiger partial charge in [-0.15, -0.1) is 6.58 Å². The molecule has 0 aromatic carbocycles. The zero-order valence-electron chi connectivity index (χ0n) is 12.2. The standard InChI is InChI=1S/C15H22N4O/c1-4-7-16-15-17-12(3)10-13(18-15)14(20)19-8-5-11(2)6-9-19/h4,10-11H,1,5-9H2,2-3H3,(H,16,17,18). The van der Waals surface area contributed by atoms with Crippen molar-refractivity contribution >= 4 is 11.9 Å². The molecule has 2 rings (SSSR count). The number of nitrogens with zero attached hydrogens (tertiary/aromatic N) is 3. The predicted molar refractivity (Wildman–Crippen MR) is 79.8 cm³/mol. The molecule has 108 valence electrons. The maximum Gasteiger partial charge on any atom is 0.272 e. The number of aromatic nitrogens is 2. The summed E-state index contributed by atoms with van der Waals surface area (Å²) in [6.45, 7) is 9.96. The fourth-order valence-electron chi connectivity index (χ4n) is 2.29. The lowest BCUT2D eigenvalue weighted by atomic mass is 9.99. The van der Waals surface area contributed by atoms with Crippen molar-refractivity contribution in [2.45, 2.75) is 26.7 Å². The third-order valence-corrected chi connectivity index (χ3v) is 3.55. The van der Waals surface area contributed by atoms with Crippen LogP contribution in [0.4, 0.5) is 5.95 Å². The molecule has 1 saturated heterocycles. The number of hydrogen-bond donors (Lipinski definition) is 1. The third kappa shape index (κ3) is 3.56. The van der Waals surface area contributed by atoms with E-state index in [9.17, 15) is 4.79 Å². The van der Waals surface area contributed by atoms with Crippen LogP contribution in [0.15, 0.2) is 18.7 Å². The minimum Gasteiger partial charge on any atom is -0.351 e. The Morgan fingerprint density at radius 2 is 2.20 bits per heavy atom. The minimum atomic E-state index is 0.00375. The van der Waals surface area contributed by atoms with Gasteiger partial charge in [0, 0.05) is 25.3 Å². The molecule has 0 spiro atoms. The Morgan fingerprint density at radius 3 is 2.85 bits per heavy atom. The van der Waals surface area contributed by atoms with Crippen molar-refractivity contribution in [1.82, 2.24) is 14.9 Å². The van der Waals surface area contributed by atoms with Crippen LogP contribution in [0, 0.1) is 12.8 Å². The van der Waals surface area contributed by atoms with Gasteiger partial charge in [0.25, 0.3) is 5.91 Å². The third-order valence-electron chi connectivity index (χ3n) is 3.55. The van der Waals surface area contributed by atoms with Crippen molar-refractivity contribution < 1.29 is 4.79 Å². The fraction of sp³-hybridized carbons (Fsp3) is 0.533. The van der Waals surface area contributed by atoms with Crippen LogP contribution in [-0.2, 0) is 0 Å². The molecule has 1 N–H and O–H groups in total. The zero-order valence-corrected chi connectivity index (χ0v) is 12.2. The lowest BCUT2D eigenvalue weighted by Crippen LogP contribution is -2.38. The van der Waals surface area contributed by atoms with E-state index >= 15 is 0 Å². The van der Waals surface area contributed by atoms with Gasteiger partial charge in [0.1, 0.15) is 5.69 Å². The minimum absolute atomic E-state index is 0.00375. The van der Waals surface area contributed by atoms with E-state index in [1.807, 2.05) is 11.8 Å². The Balaban J connectivity index is 2.12. The topological polar surface area (TPSA) is 58.1 Å². The summed E-state index contributed by atoms with van der Waals surface area (Å²) in [4.78, 5) is 22.9. The highest BCUT2D eigenvalue weighted by molar-refractivity contribution is 5.92. The zero-order chi connectivity index (χ0) is 14.5. The van der Waals surface area contributed by atoms with E-state index in [4.69, 9.17) is 0 Å². The summed E-state index contributed by atoms with van der Waals surface area (Å²) < 4.78 is 0. The molecule has 1 aliphatic rings. The molecule has 5 nitrogen and oxygen atoms in total. The van der Waals surface area contributed by atoms with Crippen molar-refractivity contribution in [2.75, 3.05) is 25.0 Å². The second kappa shape index (κ2) is 6.50. The van der Waals surface area contributed by atoms with Crippen LogP contribution in [-0.4, -0.2) is 40.4 Å². The average Bonchev–Trinajstić information content (AvgIpc) is 2.44. The maximum atomic E-state index is 12.5. The maximum absolute atomic E-state index is 12.5. The Bertz CT molecular complexity index is 493. The number of anilines is 1. The van der Waals surface area contributed by atoms with Crippen LogP contribution in [0.5, 0.6) is 0 Å². The number of likely N-dealkylation sites (tertiary alicyclic amines) is 1. The van der Waals surface area contributed by atoms with Gasteiger partial charge in [0.05, 0.1) is 0 Å². The van der Waals surface area contributed by atoms with Gasteiger partial charge in [-0.25, -0.2) is 9.97 Å². The van der Waals surface area contributed by atoms with Gasteiger partial charge in [-0.1, -0.05) is 13.0 Å². The number of nitrogens with one attached hydrogen (secondary N) is 1. The van der Waals surface area contributed by atoms with Gasteiger partial charge in [-0.3, -0.25) is 4.79 Å². The molecule has 0 atom stereocenters. The van der Waals surface area contributed by atoms with Crippen molar-refractivity contribution in [3.05, 3.63) is 30.1 Å². The first-order valence-electron chi connectivity index (χ1n) is 7.10. The first-order valence-corrected chi connectivity index (χ1v) is 7.10. The molecule has 0 radical (unpaired) electrons. The van der Waals surface area contributed by atoms with Gasteiger partial charge >= 0.3 is 0 Å². The Kier molecular flexibility index (Phi) is 4.71. The van der Waals surface area contributed by atoms with Gasteiger partial charge in [0.15, 0.2) is 0 Å². The number of aryl methyl sites for hydroxylation is 1. The van der Waals surface area contributed by atoms with Crippen molar-refractivity contribution in [2.24, 2.45) is 5.92 Å². The van der Waals surface area contributed by atoms with E-state index in [2.05, 4.69) is 28.8 Å². The molecule has 0 aliphatic carbocycles. The highest BCUT2D eigenvalue weighted by Gasteiger charge is 2.22. The number of carbonyl (C=O) groups is 1. The van der Waals surface area contributed by atoms with E-state index in [0.29, 0.717) is 24.1 Å². The van der Waals surface area contributed by atoms with Gasteiger partial charge in [0.2, 0.25) is 5.95 Å². The lowest BCUT2D eigenvalue weighted by Gasteiger charge is -2.30. The Labute approximate surface area is 120 Å². The number of amides is 1. The van der Waals surface area contributed by atoms with Crippen molar-refractivity contribution in [1.29, 1.82) is 0 Å². The molecule has 2 heterocycles. The summed E-state index contributed by atoms with van der Waals surface area (Å²) in [6.07, 6.45) is 3.87.